The molecular weight excluding hydrogens is 469 g/mol. The number of halogens is 1. The molecule has 150 valence electrons. The van der Waals surface area contributed by atoms with Crippen LogP contribution in [0.1, 0.15) is 25.0 Å². The summed E-state index contributed by atoms with van der Waals surface area (Å²) in [5, 5.41) is 6.37. The molecule has 1 atom stereocenters. The van der Waals surface area contributed by atoms with Crippen molar-refractivity contribution in [1.82, 2.24) is 20.5 Å². The molecule has 0 bridgehead atoms. The Labute approximate surface area is 182 Å². The molecule has 0 saturated carbocycles. The van der Waals surface area contributed by atoms with Gasteiger partial charge in [0, 0.05) is 44.1 Å². The molecule has 2 saturated heterocycles. The third-order valence-electron chi connectivity index (χ3n) is 5.37. The summed E-state index contributed by atoms with van der Waals surface area (Å²) in [4.78, 5) is 22.9. The van der Waals surface area contributed by atoms with Gasteiger partial charge in [0.05, 0.1) is 12.2 Å². The highest BCUT2D eigenvalue weighted by Gasteiger charge is 2.42. The first-order valence-corrected chi connectivity index (χ1v) is 9.40. The molecule has 8 heteroatoms. The number of likely N-dealkylation sites (tertiary alicyclic amines) is 1. The number of guanidine groups is 1. The molecule has 2 aliphatic heterocycles. The predicted molar refractivity (Wildman–Crippen MR) is 118 cm³/mol. The standard InChI is InChI=1S/C20H25N5O2.HI/c1-21-19(25-9-5-8-20(14-25)10-17(26)23-13-20)22-11-16-12-27-18(24-16)15-6-3-2-4-7-15;/h2-4,6-7,12H,5,8-11,13-14H2,1H3,(H,21,22)(H,23,26);1H. The number of nitrogens with zero attached hydrogens (tertiary/aromatic N) is 3. The number of benzene rings is 1. The third-order valence-corrected chi connectivity index (χ3v) is 5.37. The van der Waals surface area contributed by atoms with Gasteiger partial charge in [-0.05, 0) is 25.0 Å². The summed E-state index contributed by atoms with van der Waals surface area (Å²) in [6.45, 7) is 3.11. The Kier molecular flexibility index (Phi) is 6.58. The van der Waals surface area contributed by atoms with Gasteiger partial charge in [-0.1, -0.05) is 18.2 Å². The number of nitrogens with one attached hydrogen (secondary N) is 2. The maximum atomic E-state index is 11.7. The molecule has 1 aromatic heterocycles. The average molecular weight is 495 g/mol. The number of hydrogen-bond donors (Lipinski definition) is 2. The normalized spacial score (nSPS) is 22.1. The maximum Gasteiger partial charge on any atom is 0.226 e. The van der Waals surface area contributed by atoms with Crippen molar-refractivity contribution in [2.24, 2.45) is 10.4 Å². The predicted octanol–water partition coefficient (Wildman–Crippen LogP) is 2.64. The van der Waals surface area contributed by atoms with Gasteiger partial charge in [-0.25, -0.2) is 4.98 Å². The fraction of sp³-hybridized carbons (Fsp3) is 0.450. The van der Waals surface area contributed by atoms with E-state index in [0.29, 0.717) is 18.9 Å². The van der Waals surface area contributed by atoms with E-state index in [1.807, 2.05) is 30.3 Å². The lowest BCUT2D eigenvalue weighted by atomic mass is 9.79. The van der Waals surface area contributed by atoms with Crippen LogP contribution in [0.4, 0.5) is 0 Å². The zero-order valence-corrected chi connectivity index (χ0v) is 18.3. The summed E-state index contributed by atoms with van der Waals surface area (Å²) in [6.07, 6.45) is 4.45. The van der Waals surface area contributed by atoms with Crippen molar-refractivity contribution in [3.63, 3.8) is 0 Å². The van der Waals surface area contributed by atoms with E-state index in [9.17, 15) is 4.79 Å². The Morgan fingerprint density at radius 3 is 2.93 bits per heavy atom. The molecule has 0 radical (unpaired) electrons. The van der Waals surface area contributed by atoms with Crippen molar-refractivity contribution in [1.29, 1.82) is 0 Å². The van der Waals surface area contributed by atoms with E-state index in [-0.39, 0.29) is 35.3 Å². The summed E-state index contributed by atoms with van der Waals surface area (Å²) >= 11 is 0. The SMILES string of the molecule is CN=C(NCc1coc(-c2ccccc2)n1)N1CCCC2(CNC(=O)C2)C1.I. The van der Waals surface area contributed by atoms with Gasteiger partial charge in [0.15, 0.2) is 5.96 Å². The van der Waals surface area contributed by atoms with E-state index >= 15 is 0 Å². The summed E-state index contributed by atoms with van der Waals surface area (Å²) in [5.74, 6) is 1.63. The Hall–Kier alpha value is -2.10. The third kappa shape index (κ3) is 4.48. The van der Waals surface area contributed by atoms with Gasteiger partial charge in [-0.2, -0.15) is 0 Å². The van der Waals surface area contributed by atoms with E-state index in [1.54, 1.807) is 13.3 Å². The smallest absolute Gasteiger partial charge is 0.226 e. The second-order valence-electron chi connectivity index (χ2n) is 7.39. The minimum Gasteiger partial charge on any atom is -0.444 e. The van der Waals surface area contributed by atoms with Crippen LogP contribution in [0.15, 0.2) is 46.0 Å². The summed E-state index contributed by atoms with van der Waals surface area (Å²) in [7, 11) is 1.79. The minimum atomic E-state index is 0. The van der Waals surface area contributed by atoms with Gasteiger partial charge in [0.25, 0.3) is 0 Å². The number of carbonyl (C=O) groups is 1. The van der Waals surface area contributed by atoms with Gasteiger partial charge in [-0.3, -0.25) is 9.79 Å². The van der Waals surface area contributed by atoms with Gasteiger partial charge >= 0.3 is 0 Å². The lowest BCUT2D eigenvalue weighted by Gasteiger charge is -2.40. The fourth-order valence-corrected chi connectivity index (χ4v) is 4.03. The van der Waals surface area contributed by atoms with E-state index in [1.165, 1.54) is 0 Å². The van der Waals surface area contributed by atoms with E-state index in [0.717, 1.165) is 49.7 Å². The molecule has 1 aromatic carbocycles. The molecule has 3 heterocycles. The van der Waals surface area contributed by atoms with Gasteiger partial charge in [0.1, 0.15) is 6.26 Å². The number of rotatable bonds is 3. The largest absolute Gasteiger partial charge is 0.444 e. The Morgan fingerprint density at radius 1 is 1.39 bits per heavy atom. The molecule has 2 fully saturated rings. The average Bonchev–Trinajstić information content (AvgIpc) is 3.30. The zero-order chi connectivity index (χ0) is 18.7. The first kappa shape index (κ1) is 20.6. The first-order chi connectivity index (χ1) is 13.2. The molecule has 2 aliphatic rings. The second-order valence-corrected chi connectivity index (χ2v) is 7.39. The van der Waals surface area contributed by atoms with Crippen LogP contribution in [0.2, 0.25) is 0 Å². The number of oxazole rings is 1. The topological polar surface area (TPSA) is 82.8 Å². The number of amides is 1. The van der Waals surface area contributed by atoms with Crippen molar-refractivity contribution in [3.05, 3.63) is 42.3 Å². The molecule has 2 N–H and O–H groups in total. The molecule has 1 spiro atoms. The van der Waals surface area contributed by atoms with Crippen LogP contribution in [-0.4, -0.2) is 48.4 Å². The van der Waals surface area contributed by atoms with Crippen LogP contribution in [0.25, 0.3) is 11.5 Å². The Bertz CT molecular complexity index is 838. The molecule has 1 amide bonds. The Balaban J connectivity index is 0.00000225. The molecular formula is C20H26IN5O2. The highest BCUT2D eigenvalue weighted by Crippen LogP contribution is 2.36. The van der Waals surface area contributed by atoms with Gasteiger partial charge in [0.2, 0.25) is 11.8 Å². The van der Waals surface area contributed by atoms with Crippen LogP contribution in [-0.2, 0) is 11.3 Å². The zero-order valence-electron chi connectivity index (χ0n) is 16.0. The Morgan fingerprint density at radius 2 is 2.21 bits per heavy atom. The molecule has 0 aliphatic carbocycles. The molecule has 1 unspecified atom stereocenters. The van der Waals surface area contributed by atoms with Crippen LogP contribution in [0.3, 0.4) is 0 Å². The lowest BCUT2D eigenvalue weighted by Crippen LogP contribution is -2.51. The second kappa shape index (κ2) is 8.93. The highest BCUT2D eigenvalue weighted by molar-refractivity contribution is 14.0. The number of piperidine rings is 1. The van der Waals surface area contributed by atoms with Crippen LogP contribution < -0.4 is 10.6 Å². The molecule has 2 aromatic rings. The van der Waals surface area contributed by atoms with Gasteiger partial charge < -0.3 is 20.0 Å². The van der Waals surface area contributed by atoms with Crippen LogP contribution in [0, 0.1) is 5.41 Å². The minimum absolute atomic E-state index is 0. The van der Waals surface area contributed by atoms with E-state index in [4.69, 9.17) is 4.42 Å². The van der Waals surface area contributed by atoms with Gasteiger partial charge in [-0.15, -0.1) is 24.0 Å². The highest BCUT2D eigenvalue weighted by atomic mass is 127. The molecule has 7 nitrogen and oxygen atoms in total. The van der Waals surface area contributed by atoms with Crippen molar-refractivity contribution in [2.45, 2.75) is 25.8 Å². The van der Waals surface area contributed by atoms with Crippen molar-refractivity contribution < 1.29 is 9.21 Å². The number of hydrogen-bond acceptors (Lipinski definition) is 4. The van der Waals surface area contributed by atoms with E-state index in [2.05, 4.69) is 25.5 Å². The number of aliphatic imine (C=N–C) groups is 1. The van der Waals surface area contributed by atoms with Crippen LogP contribution >= 0.6 is 24.0 Å². The number of carbonyl (C=O) groups excluding carboxylic acids is 1. The fourth-order valence-electron chi connectivity index (χ4n) is 4.03. The summed E-state index contributed by atoms with van der Waals surface area (Å²) < 4.78 is 5.60. The van der Waals surface area contributed by atoms with Crippen molar-refractivity contribution >= 4 is 35.8 Å². The summed E-state index contributed by atoms with van der Waals surface area (Å²) in [6, 6.07) is 9.86. The van der Waals surface area contributed by atoms with Crippen molar-refractivity contribution in [3.8, 4) is 11.5 Å². The maximum absolute atomic E-state index is 11.7. The monoisotopic (exact) mass is 495 g/mol. The number of aromatic nitrogens is 1. The van der Waals surface area contributed by atoms with Crippen molar-refractivity contribution in [2.75, 3.05) is 26.7 Å². The summed E-state index contributed by atoms with van der Waals surface area (Å²) in [5.41, 5.74) is 1.84. The molecule has 28 heavy (non-hydrogen) atoms. The van der Waals surface area contributed by atoms with E-state index < -0.39 is 0 Å². The first-order valence-electron chi connectivity index (χ1n) is 9.40. The lowest BCUT2D eigenvalue weighted by molar-refractivity contribution is -0.119. The quantitative estimate of drug-likeness (QED) is 0.389. The molecule has 4 rings (SSSR count). The van der Waals surface area contributed by atoms with Crippen LogP contribution in [0.5, 0.6) is 0 Å².